The fraction of sp³-hybridized carbons (Fsp3) is 0.200. The second kappa shape index (κ2) is 5.51. The van der Waals surface area contributed by atoms with Crippen molar-refractivity contribution in [2.24, 2.45) is 5.92 Å². The lowest BCUT2D eigenvalue weighted by Gasteiger charge is -2.24. The van der Waals surface area contributed by atoms with E-state index in [0.717, 1.165) is 11.3 Å². The number of carbonyl (C=O) groups excluding carboxylic acids is 1. The molecule has 2 aromatic rings. The molecule has 102 valence electrons. The smallest absolute Gasteiger partial charge is 0.232 e. The van der Waals surface area contributed by atoms with Gasteiger partial charge in [-0.15, -0.1) is 0 Å². The van der Waals surface area contributed by atoms with Gasteiger partial charge in [0.15, 0.2) is 0 Å². The van der Waals surface area contributed by atoms with E-state index in [2.05, 4.69) is 10.3 Å². The molecule has 4 nitrogen and oxygen atoms in total. The average Bonchev–Trinajstić information content (AvgIpc) is 2.49. The van der Waals surface area contributed by atoms with Crippen LogP contribution in [-0.2, 0) is 11.2 Å². The first-order valence-corrected chi connectivity index (χ1v) is 6.73. The van der Waals surface area contributed by atoms with Crippen LogP contribution in [0.2, 0.25) is 5.02 Å². The number of nitrogens with zero attached hydrogens (tertiary/aromatic N) is 1. The van der Waals surface area contributed by atoms with E-state index in [0.29, 0.717) is 23.9 Å². The quantitative estimate of drug-likeness (QED) is 0.924. The Kier molecular flexibility index (Phi) is 3.56. The summed E-state index contributed by atoms with van der Waals surface area (Å²) in [6.07, 6.45) is 2.18. The summed E-state index contributed by atoms with van der Waals surface area (Å²) < 4.78 is 5.61. The second-order valence-electron chi connectivity index (χ2n) is 4.67. The van der Waals surface area contributed by atoms with Crippen molar-refractivity contribution in [1.29, 1.82) is 0 Å². The topological polar surface area (TPSA) is 51.2 Å². The number of halogens is 1. The van der Waals surface area contributed by atoms with Crippen LogP contribution >= 0.6 is 11.6 Å². The Labute approximate surface area is 121 Å². The van der Waals surface area contributed by atoms with Crippen molar-refractivity contribution >= 4 is 23.3 Å². The summed E-state index contributed by atoms with van der Waals surface area (Å²) in [7, 11) is 0. The van der Waals surface area contributed by atoms with Crippen molar-refractivity contribution in [2.45, 2.75) is 6.42 Å². The normalized spacial score (nSPS) is 16.9. The van der Waals surface area contributed by atoms with Gasteiger partial charge in [0.2, 0.25) is 5.91 Å². The molecule has 0 saturated heterocycles. The van der Waals surface area contributed by atoms with Gasteiger partial charge in [0, 0.05) is 6.20 Å². The zero-order chi connectivity index (χ0) is 13.9. The molecule has 1 aromatic carbocycles. The van der Waals surface area contributed by atoms with Crippen LogP contribution in [0, 0.1) is 5.92 Å². The number of hydrogen-bond acceptors (Lipinski definition) is 3. The lowest BCUT2D eigenvalue weighted by atomic mass is 9.96. The van der Waals surface area contributed by atoms with Crippen molar-refractivity contribution in [1.82, 2.24) is 4.98 Å². The largest absolute Gasteiger partial charge is 0.492 e. The summed E-state index contributed by atoms with van der Waals surface area (Å²) in [5.74, 6) is 1.07. The minimum atomic E-state index is -0.206. The molecule has 1 aliphatic rings. The number of rotatable bonds is 2. The molecular formula is C15H13ClN2O2. The third kappa shape index (κ3) is 2.75. The van der Waals surface area contributed by atoms with E-state index >= 15 is 0 Å². The summed E-state index contributed by atoms with van der Waals surface area (Å²) in [5.41, 5.74) is 1.06. The maximum atomic E-state index is 12.2. The van der Waals surface area contributed by atoms with Crippen LogP contribution in [0.15, 0.2) is 42.6 Å². The van der Waals surface area contributed by atoms with E-state index in [1.54, 1.807) is 12.1 Å². The molecule has 0 radical (unpaired) electrons. The van der Waals surface area contributed by atoms with Gasteiger partial charge < -0.3 is 10.1 Å². The number of carbonyl (C=O) groups is 1. The SMILES string of the molecule is O=C(Nc1ccc(Cl)cn1)C1COc2ccccc2C1. The Bertz CT molecular complexity index is 628. The number of para-hydroxylation sites is 1. The number of ether oxygens (including phenoxy) is 1. The molecule has 0 aliphatic carbocycles. The fourth-order valence-electron chi connectivity index (χ4n) is 2.17. The Morgan fingerprint density at radius 1 is 1.30 bits per heavy atom. The molecule has 1 N–H and O–H groups in total. The third-order valence-electron chi connectivity index (χ3n) is 3.23. The number of anilines is 1. The highest BCUT2D eigenvalue weighted by Gasteiger charge is 2.25. The van der Waals surface area contributed by atoms with Gasteiger partial charge in [-0.3, -0.25) is 4.79 Å². The fourth-order valence-corrected chi connectivity index (χ4v) is 2.29. The summed E-state index contributed by atoms with van der Waals surface area (Å²) >= 11 is 5.76. The van der Waals surface area contributed by atoms with Gasteiger partial charge in [-0.25, -0.2) is 4.98 Å². The molecule has 1 aromatic heterocycles. The molecular weight excluding hydrogens is 276 g/mol. The molecule has 0 spiro atoms. The Morgan fingerprint density at radius 2 is 2.15 bits per heavy atom. The van der Waals surface area contributed by atoms with Crippen LogP contribution in [0.25, 0.3) is 0 Å². The second-order valence-corrected chi connectivity index (χ2v) is 5.11. The summed E-state index contributed by atoms with van der Waals surface area (Å²) in [6.45, 7) is 0.385. The van der Waals surface area contributed by atoms with E-state index < -0.39 is 0 Å². The number of aromatic nitrogens is 1. The summed E-state index contributed by atoms with van der Waals surface area (Å²) in [6, 6.07) is 11.1. The molecule has 0 saturated carbocycles. The van der Waals surface area contributed by atoms with Crippen LogP contribution in [0.1, 0.15) is 5.56 Å². The van der Waals surface area contributed by atoms with E-state index in [1.165, 1.54) is 6.20 Å². The number of pyridine rings is 1. The molecule has 1 amide bonds. The van der Waals surface area contributed by atoms with Crippen molar-refractivity contribution in [3.8, 4) is 5.75 Å². The van der Waals surface area contributed by atoms with E-state index in [4.69, 9.17) is 16.3 Å². The molecule has 2 heterocycles. The van der Waals surface area contributed by atoms with Crippen molar-refractivity contribution in [3.05, 3.63) is 53.2 Å². The van der Waals surface area contributed by atoms with Crippen LogP contribution in [-0.4, -0.2) is 17.5 Å². The molecule has 1 unspecified atom stereocenters. The first-order valence-electron chi connectivity index (χ1n) is 6.35. The van der Waals surface area contributed by atoms with E-state index in [9.17, 15) is 4.79 Å². The predicted molar refractivity (Wildman–Crippen MR) is 77.0 cm³/mol. The standard InChI is InChI=1S/C15H13ClN2O2/c16-12-5-6-14(17-8-12)18-15(19)11-7-10-3-1-2-4-13(10)20-9-11/h1-6,8,11H,7,9H2,(H,17,18,19). The van der Waals surface area contributed by atoms with Gasteiger partial charge in [0.25, 0.3) is 0 Å². The number of benzene rings is 1. The lowest BCUT2D eigenvalue weighted by molar-refractivity contribution is -0.121. The number of hydrogen-bond donors (Lipinski definition) is 1. The molecule has 1 atom stereocenters. The number of fused-ring (bicyclic) bond motifs is 1. The molecule has 0 bridgehead atoms. The first kappa shape index (κ1) is 12.9. The van der Waals surface area contributed by atoms with E-state index in [-0.39, 0.29) is 11.8 Å². The number of amides is 1. The average molecular weight is 289 g/mol. The van der Waals surface area contributed by atoms with Crippen LogP contribution < -0.4 is 10.1 Å². The third-order valence-corrected chi connectivity index (χ3v) is 3.45. The van der Waals surface area contributed by atoms with Crippen LogP contribution in [0.5, 0.6) is 5.75 Å². The maximum Gasteiger partial charge on any atom is 0.232 e. The van der Waals surface area contributed by atoms with Crippen molar-refractivity contribution in [2.75, 3.05) is 11.9 Å². The minimum absolute atomic E-state index is 0.0886. The number of nitrogens with one attached hydrogen (secondary N) is 1. The predicted octanol–water partition coefficient (Wildman–Crippen LogP) is 2.92. The highest BCUT2D eigenvalue weighted by atomic mass is 35.5. The Morgan fingerprint density at radius 3 is 2.95 bits per heavy atom. The minimum Gasteiger partial charge on any atom is -0.492 e. The highest BCUT2D eigenvalue weighted by molar-refractivity contribution is 6.30. The zero-order valence-electron chi connectivity index (χ0n) is 10.7. The van der Waals surface area contributed by atoms with Gasteiger partial charge >= 0.3 is 0 Å². The van der Waals surface area contributed by atoms with Crippen LogP contribution in [0.4, 0.5) is 5.82 Å². The van der Waals surface area contributed by atoms with Gasteiger partial charge in [-0.2, -0.15) is 0 Å². The molecule has 20 heavy (non-hydrogen) atoms. The van der Waals surface area contributed by atoms with Gasteiger partial charge in [-0.1, -0.05) is 29.8 Å². The van der Waals surface area contributed by atoms with Gasteiger partial charge in [0.1, 0.15) is 18.2 Å². The molecule has 5 heteroatoms. The lowest BCUT2D eigenvalue weighted by Crippen LogP contribution is -2.32. The molecule has 1 aliphatic heterocycles. The maximum absolute atomic E-state index is 12.2. The summed E-state index contributed by atoms with van der Waals surface area (Å²) in [5, 5.41) is 3.32. The highest BCUT2D eigenvalue weighted by Crippen LogP contribution is 2.27. The molecule has 0 fully saturated rings. The molecule has 3 rings (SSSR count). The van der Waals surface area contributed by atoms with Crippen LogP contribution in [0.3, 0.4) is 0 Å². The Balaban J connectivity index is 1.68. The Hall–Kier alpha value is -2.07. The van der Waals surface area contributed by atoms with Gasteiger partial charge in [0.05, 0.1) is 10.9 Å². The monoisotopic (exact) mass is 288 g/mol. The van der Waals surface area contributed by atoms with E-state index in [1.807, 2.05) is 24.3 Å². The van der Waals surface area contributed by atoms with Crippen molar-refractivity contribution in [3.63, 3.8) is 0 Å². The zero-order valence-corrected chi connectivity index (χ0v) is 11.4. The first-order chi connectivity index (χ1) is 9.72. The van der Waals surface area contributed by atoms with Gasteiger partial charge in [-0.05, 0) is 30.2 Å². The summed E-state index contributed by atoms with van der Waals surface area (Å²) in [4.78, 5) is 16.3. The van der Waals surface area contributed by atoms with Crippen molar-refractivity contribution < 1.29 is 9.53 Å².